The molecule has 0 radical (unpaired) electrons. The minimum atomic E-state index is -0.250. The molecule has 0 bridgehead atoms. The van der Waals surface area contributed by atoms with Gasteiger partial charge in [0, 0.05) is 0 Å². The van der Waals surface area contributed by atoms with E-state index in [-0.39, 0.29) is 13.2 Å². The van der Waals surface area contributed by atoms with Crippen LogP contribution in [0.1, 0.15) is 46.0 Å². The number of hydrogen-bond acceptors (Lipinski definition) is 0. The fourth-order valence-electron chi connectivity index (χ4n) is 0.677. The molecule has 0 spiro atoms. The monoisotopic (exact) mass is 322 g/mol. The Labute approximate surface area is 85.8 Å². The SMILES string of the molecule is CCCCCCC.[Br][Zn][Br]. The molecular formula is C7H16Br2Zn. The van der Waals surface area contributed by atoms with Crippen molar-refractivity contribution in [3.8, 4) is 0 Å². The Bertz CT molecular complexity index is 38.6. The fourth-order valence-corrected chi connectivity index (χ4v) is 0.677. The van der Waals surface area contributed by atoms with Crippen molar-refractivity contribution in [3.05, 3.63) is 0 Å². The summed E-state index contributed by atoms with van der Waals surface area (Å²) in [6.07, 6.45) is 7.01. The van der Waals surface area contributed by atoms with Crippen LogP contribution >= 0.6 is 27.2 Å². The van der Waals surface area contributed by atoms with Gasteiger partial charge in [-0.2, -0.15) is 0 Å². The molecule has 0 rings (SSSR count). The van der Waals surface area contributed by atoms with Gasteiger partial charge in [-0.25, -0.2) is 0 Å². The molecule has 60 valence electrons. The average molecular weight is 325 g/mol. The molecule has 0 aromatic heterocycles. The van der Waals surface area contributed by atoms with E-state index in [1.54, 1.807) is 0 Å². The van der Waals surface area contributed by atoms with Crippen LogP contribution in [0.4, 0.5) is 0 Å². The number of unbranched alkanes of at least 4 members (excludes halogenated alkanes) is 4. The van der Waals surface area contributed by atoms with Crippen molar-refractivity contribution in [1.29, 1.82) is 0 Å². The van der Waals surface area contributed by atoms with E-state index in [1.165, 1.54) is 32.1 Å². The molecule has 0 unspecified atom stereocenters. The van der Waals surface area contributed by atoms with Crippen molar-refractivity contribution in [2.45, 2.75) is 46.0 Å². The van der Waals surface area contributed by atoms with Gasteiger partial charge in [0.2, 0.25) is 0 Å². The summed E-state index contributed by atoms with van der Waals surface area (Å²) in [5.74, 6) is 0. The van der Waals surface area contributed by atoms with Gasteiger partial charge in [-0.15, -0.1) is 0 Å². The van der Waals surface area contributed by atoms with Crippen LogP contribution in [0, 0.1) is 0 Å². The zero-order valence-electron chi connectivity index (χ0n) is 7.00. The molecule has 0 aliphatic rings. The molecule has 0 aliphatic heterocycles. The molecule has 0 N–H and O–H groups in total. The third-order valence-corrected chi connectivity index (χ3v) is 1.21. The van der Waals surface area contributed by atoms with E-state index in [1.807, 2.05) is 0 Å². The molecule has 0 atom stereocenters. The molecule has 0 nitrogen and oxygen atoms in total. The van der Waals surface area contributed by atoms with Crippen LogP contribution in [0.5, 0.6) is 0 Å². The average Bonchev–Trinajstić information content (AvgIpc) is 1.91. The van der Waals surface area contributed by atoms with Crippen LogP contribution in [-0.4, -0.2) is 0 Å². The van der Waals surface area contributed by atoms with Crippen molar-refractivity contribution in [1.82, 2.24) is 0 Å². The second-order valence-electron chi connectivity index (χ2n) is 2.16. The van der Waals surface area contributed by atoms with Crippen LogP contribution in [0.15, 0.2) is 0 Å². The van der Waals surface area contributed by atoms with E-state index < -0.39 is 0 Å². The third kappa shape index (κ3) is 22.6. The summed E-state index contributed by atoms with van der Waals surface area (Å²) in [6, 6.07) is 0. The standard InChI is InChI=1S/C7H16.2BrH.Zn/c1-3-5-7-6-4-2;;;/h3-7H2,1-2H3;2*1H;/q;;;+2/p-2. The molecule has 3 heteroatoms. The Balaban J connectivity index is 0. The normalized spacial score (nSPS) is 7.60. The van der Waals surface area contributed by atoms with Crippen molar-refractivity contribution >= 4 is 27.2 Å². The quantitative estimate of drug-likeness (QED) is 0.521. The summed E-state index contributed by atoms with van der Waals surface area (Å²) in [5.41, 5.74) is 0. The van der Waals surface area contributed by atoms with Gasteiger partial charge in [0.05, 0.1) is 0 Å². The molecular weight excluding hydrogens is 309 g/mol. The van der Waals surface area contributed by atoms with Gasteiger partial charge < -0.3 is 0 Å². The van der Waals surface area contributed by atoms with Gasteiger partial charge in [0.25, 0.3) is 0 Å². The topological polar surface area (TPSA) is 0 Å². The molecule has 0 fully saturated rings. The van der Waals surface area contributed by atoms with Crippen LogP contribution < -0.4 is 0 Å². The summed E-state index contributed by atoms with van der Waals surface area (Å²) >= 11 is 6.25. The van der Waals surface area contributed by atoms with E-state index in [0.717, 1.165) is 0 Å². The first-order chi connectivity index (χ1) is 4.83. The maximum atomic E-state index is 3.25. The molecule has 0 amide bonds. The number of hydrogen-bond donors (Lipinski definition) is 0. The van der Waals surface area contributed by atoms with Crippen LogP contribution in [0.25, 0.3) is 0 Å². The molecule has 0 aromatic carbocycles. The van der Waals surface area contributed by atoms with Crippen LogP contribution in [-0.2, 0) is 13.2 Å². The predicted molar refractivity (Wildman–Crippen MR) is 52.3 cm³/mol. The second kappa shape index (κ2) is 16.9. The van der Waals surface area contributed by atoms with E-state index in [2.05, 4.69) is 41.1 Å². The Morgan fingerprint density at radius 3 is 1.40 bits per heavy atom. The van der Waals surface area contributed by atoms with Crippen LogP contribution in [0.3, 0.4) is 0 Å². The summed E-state index contributed by atoms with van der Waals surface area (Å²) in [6.45, 7) is 4.49. The second-order valence-corrected chi connectivity index (χ2v) is 16.2. The Kier molecular flexibility index (Phi) is 23.9. The summed E-state index contributed by atoms with van der Waals surface area (Å²) in [7, 11) is 0. The molecule has 0 aliphatic carbocycles. The van der Waals surface area contributed by atoms with Gasteiger partial charge in [0.1, 0.15) is 0 Å². The van der Waals surface area contributed by atoms with E-state index in [9.17, 15) is 0 Å². The number of rotatable bonds is 4. The van der Waals surface area contributed by atoms with E-state index in [4.69, 9.17) is 0 Å². The Morgan fingerprint density at radius 2 is 1.20 bits per heavy atom. The van der Waals surface area contributed by atoms with Crippen molar-refractivity contribution in [2.75, 3.05) is 0 Å². The molecule has 10 heavy (non-hydrogen) atoms. The number of halogens is 2. The molecule has 0 aromatic rings. The summed E-state index contributed by atoms with van der Waals surface area (Å²) < 4.78 is 0. The van der Waals surface area contributed by atoms with Crippen LogP contribution in [0.2, 0.25) is 0 Å². The van der Waals surface area contributed by atoms with E-state index >= 15 is 0 Å². The van der Waals surface area contributed by atoms with Crippen molar-refractivity contribution < 1.29 is 13.2 Å². The van der Waals surface area contributed by atoms with Gasteiger partial charge in [-0.1, -0.05) is 46.0 Å². The van der Waals surface area contributed by atoms with Gasteiger partial charge >= 0.3 is 40.5 Å². The van der Waals surface area contributed by atoms with Gasteiger partial charge in [-0.3, -0.25) is 0 Å². The molecule has 0 saturated heterocycles. The zero-order valence-corrected chi connectivity index (χ0v) is 13.1. The van der Waals surface area contributed by atoms with Gasteiger partial charge in [0.15, 0.2) is 0 Å². The summed E-state index contributed by atoms with van der Waals surface area (Å²) in [4.78, 5) is 0. The first-order valence-corrected chi connectivity index (χ1v) is 17.8. The fraction of sp³-hybridized carbons (Fsp3) is 1.00. The third-order valence-electron chi connectivity index (χ3n) is 1.21. The van der Waals surface area contributed by atoms with Crippen molar-refractivity contribution in [3.63, 3.8) is 0 Å². The zero-order chi connectivity index (χ0) is 8.24. The first-order valence-electron chi connectivity index (χ1n) is 3.95. The van der Waals surface area contributed by atoms with E-state index in [0.29, 0.717) is 0 Å². The minimum absolute atomic E-state index is 0.250. The Morgan fingerprint density at radius 1 is 0.900 bits per heavy atom. The maximum absolute atomic E-state index is 3.25. The molecule has 0 heterocycles. The summed E-state index contributed by atoms with van der Waals surface area (Å²) in [5, 5.41) is 0. The molecule has 0 saturated carbocycles. The van der Waals surface area contributed by atoms with Gasteiger partial charge in [-0.05, 0) is 0 Å². The first kappa shape index (κ1) is 14.1. The predicted octanol–water partition coefficient (Wildman–Crippen LogP) is 4.67. The Hall–Kier alpha value is 1.58. The van der Waals surface area contributed by atoms with Crippen molar-refractivity contribution in [2.24, 2.45) is 0 Å².